The zero-order chi connectivity index (χ0) is 27.9. The van der Waals surface area contributed by atoms with Crippen LogP contribution in [0.1, 0.15) is 12.0 Å². The number of hydrogen-bond donors (Lipinski definition) is 1. The van der Waals surface area contributed by atoms with Crippen molar-refractivity contribution in [2.24, 2.45) is 5.92 Å². The van der Waals surface area contributed by atoms with Crippen LogP contribution in [0.4, 0.5) is 13.2 Å². The van der Waals surface area contributed by atoms with Gasteiger partial charge in [0.05, 0.1) is 17.7 Å². The molecule has 2 aromatic rings. The van der Waals surface area contributed by atoms with Crippen molar-refractivity contribution in [2.45, 2.75) is 42.8 Å². The fraction of sp³-hybridized carbons (Fsp3) is 0.435. The van der Waals surface area contributed by atoms with Crippen molar-refractivity contribution in [2.75, 3.05) is 18.8 Å². The molecule has 1 aromatic carbocycles. The molecule has 3 atom stereocenters. The number of rotatable bonds is 9. The zero-order valence-corrected chi connectivity index (χ0v) is 23.9. The van der Waals surface area contributed by atoms with E-state index in [4.69, 9.17) is 0 Å². The summed E-state index contributed by atoms with van der Waals surface area (Å²) >= 11 is 1.02. The van der Waals surface area contributed by atoms with Crippen LogP contribution in [-0.2, 0) is 32.1 Å². The molecule has 3 amide bonds. The maximum atomic E-state index is 13.0. The summed E-state index contributed by atoms with van der Waals surface area (Å²) in [5.41, 5.74) is 0.948. The van der Waals surface area contributed by atoms with E-state index in [1.54, 1.807) is 0 Å². The first-order valence-electron chi connectivity index (χ1n) is 11.9. The van der Waals surface area contributed by atoms with Crippen LogP contribution in [-0.4, -0.2) is 90.8 Å². The Hall–Kier alpha value is -2.95. The van der Waals surface area contributed by atoms with Crippen LogP contribution in [0, 0.1) is 5.92 Å². The average Bonchev–Trinajstić information content (AvgIpc) is 3.46. The summed E-state index contributed by atoms with van der Waals surface area (Å²) in [4.78, 5) is 50.3. The number of carboxylic acids is 1. The summed E-state index contributed by atoms with van der Waals surface area (Å²) in [6.45, 7) is -0.139. The number of β-lactam (4-membered cyclic amide) rings is 1. The SMILES string of the molecule is O=C(Cn1nnnc1SCC1=C(C(=O)[O-])N2C(=O)[C@@H]3[C@H]2C1CCN3C(=O)C(F)(F)F)NCCc1ccccc1.[Na+]. The monoisotopic (exact) mass is 587 g/mol. The second kappa shape index (κ2) is 11.9. The van der Waals surface area contributed by atoms with Gasteiger partial charge < -0.3 is 25.0 Å². The number of aromatic nitrogens is 4. The fourth-order valence-electron chi connectivity index (χ4n) is 5.29. The summed E-state index contributed by atoms with van der Waals surface area (Å²) in [6, 6.07) is 7.28. The molecule has 0 spiro atoms. The van der Waals surface area contributed by atoms with E-state index in [9.17, 15) is 37.5 Å². The molecule has 3 aliphatic rings. The van der Waals surface area contributed by atoms with Gasteiger partial charge >= 0.3 is 41.6 Å². The van der Waals surface area contributed by atoms with Crippen molar-refractivity contribution in [1.82, 2.24) is 35.3 Å². The minimum absolute atomic E-state index is 0. The molecular weight excluding hydrogens is 566 g/mol. The van der Waals surface area contributed by atoms with Gasteiger partial charge in [-0.15, -0.1) is 5.10 Å². The van der Waals surface area contributed by atoms with Crippen LogP contribution in [0.15, 0.2) is 46.8 Å². The van der Waals surface area contributed by atoms with Gasteiger partial charge in [-0.2, -0.15) is 13.2 Å². The van der Waals surface area contributed by atoms with Crippen LogP contribution in [0.5, 0.6) is 0 Å². The first-order valence-corrected chi connectivity index (χ1v) is 12.9. The summed E-state index contributed by atoms with van der Waals surface area (Å²) in [6.07, 6.45) is -4.48. The Morgan fingerprint density at radius 3 is 2.58 bits per heavy atom. The molecule has 3 aliphatic heterocycles. The van der Waals surface area contributed by atoms with Gasteiger partial charge in [0.1, 0.15) is 12.6 Å². The number of nitrogens with zero attached hydrogens (tertiary/aromatic N) is 6. The molecule has 17 heteroatoms. The van der Waals surface area contributed by atoms with Gasteiger partial charge in [0.15, 0.2) is 0 Å². The third-order valence-corrected chi connectivity index (χ3v) is 7.96. The van der Waals surface area contributed by atoms with Crippen LogP contribution >= 0.6 is 11.8 Å². The number of amides is 3. The molecule has 0 aliphatic carbocycles. The summed E-state index contributed by atoms with van der Waals surface area (Å²) in [5, 5.41) is 26.2. The number of carbonyl (C=O) groups excluding carboxylic acids is 4. The number of alkyl halides is 3. The van der Waals surface area contributed by atoms with Crippen molar-refractivity contribution < 1.29 is 67.0 Å². The molecule has 2 saturated heterocycles. The van der Waals surface area contributed by atoms with Crippen LogP contribution in [0.2, 0.25) is 0 Å². The molecule has 40 heavy (non-hydrogen) atoms. The minimum Gasteiger partial charge on any atom is -0.543 e. The van der Waals surface area contributed by atoms with Crippen LogP contribution < -0.4 is 40.0 Å². The summed E-state index contributed by atoms with van der Waals surface area (Å²) in [7, 11) is 0. The third kappa shape index (κ3) is 5.62. The number of benzene rings is 1. The Morgan fingerprint density at radius 1 is 1.18 bits per heavy atom. The van der Waals surface area contributed by atoms with E-state index < -0.39 is 47.7 Å². The second-order valence-electron chi connectivity index (χ2n) is 9.19. The number of tetrazole rings is 1. The number of nitrogens with one attached hydrogen (secondary N) is 1. The number of aliphatic carboxylic acids is 1. The molecule has 1 unspecified atom stereocenters. The molecule has 0 radical (unpaired) electrons. The van der Waals surface area contributed by atoms with E-state index in [0.29, 0.717) is 23.4 Å². The Labute approximate surface area is 251 Å². The molecule has 0 bridgehead atoms. The third-order valence-electron chi connectivity index (χ3n) is 6.96. The molecule has 5 rings (SSSR count). The van der Waals surface area contributed by atoms with Gasteiger partial charge in [-0.05, 0) is 34.4 Å². The largest absolute Gasteiger partial charge is 1.00 e. The molecule has 1 aromatic heterocycles. The summed E-state index contributed by atoms with van der Waals surface area (Å²) in [5.74, 6) is -5.58. The Balaban J connectivity index is 0.00000370. The van der Waals surface area contributed by atoms with Crippen LogP contribution in [0.25, 0.3) is 0 Å². The van der Waals surface area contributed by atoms with Gasteiger partial charge in [0.25, 0.3) is 5.91 Å². The number of halogens is 3. The Morgan fingerprint density at radius 2 is 1.90 bits per heavy atom. The first kappa shape index (κ1) is 30.0. The van der Waals surface area contributed by atoms with E-state index in [2.05, 4.69) is 20.8 Å². The van der Waals surface area contributed by atoms with Crippen molar-refractivity contribution in [3.8, 4) is 0 Å². The second-order valence-corrected chi connectivity index (χ2v) is 10.1. The normalized spacial score (nSPS) is 21.5. The topological polar surface area (TPSA) is 153 Å². The predicted molar refractivity (Wildman–Crippen MR) is 124 cm³/mol. The van der Waals surface area contributed by atoms with Crippen molar-refractivity contribution in [1.29, 1.82) is 0 Å². The van der Waals surface area contributed by atoms with Gasteiger partial charge in [0.2, 0.25) is 11.1 Å². The molecule has 4 heterocycles. The number of piperidine rings is 1. The predicted octanol–water partition coefficient (Wildman–Crippen LogP) is -3.86. The van der Waals surface area contributed by atoms with Gasteiger partial charge in [-0.1, -0.05) is 42.1 Å². The van der Waals surface area contributed by atoms with Crippen molar-refractivity contribution in [3.63, 3.8) is 0 Å². The fourth-order valence-corrected chi connectivity index (χ4v) is 6.27. The smallest absolute Gasteiger partial charge is 0.543 e. The number of hydrogen-bond acceptors (Lipinski definition) is 9. The maximum absolute atomic E-state index is 13.0. The minimum atomic E-state index is -5.15. The van der Waals surface area contributed by atoms with E-state index >= 15 is 0 Å². The molecule has 12 nitrogen and oxygen atoms in total. The molecule has 2 fully saturated rings. The molecular formula is C23H21F3N7NaO5S. The zero-order valence-electron chi connectivity index (χ0n) is 21.1. The Bertz CT molecular complexity index is 1360. The van der Waals surface area contributed by atoms with Gasteiger partial charge in [0, 0.05) is 24.8 Å². The quantitative estimate of drug-likeness (QED) is 0.176. The van der Waals surface area contributed by atoms with E-state index in [0.717, 1.165) is 22.2 Å². The van der Waals surface area contributed by atoms with Gasteiger partial charge in [-0.3, -0.25) is 14.4 Å². The molecule has 1 N–H and O–H groups in total. The maximum Gasteiger partial charge on any atom is 1.00 e. The van der Waals surface area contributed by atoms with E-state index in [1.807, 2.05) is 30.3 Å². The van der Waals surface area contributed by atoms with Gasteiger partial charge in [-0.25, -0.2) is 4.68 Å². The number of thioether (sulfide) groups is 1. The number of carbonyl (C=O) groups is 4. The Kier molecular flexibility index (Phi) is 8.92. The van der Waals surface area contributed by atoms with Crippen molar-refractivity contribution in [3.05, 3.63) is 47.2 Å². The average molecular weight is 588 g/mol. The van der Waals surface area contributed by atoms with Crippen molar-refractivity contribution >= 4 is 35.5 Å². The number of likely N-dealkylation sites (tertiary alicyclic amines) is 1. The molecule has 206 valence electrons. The number of carboxylic acid groups (broad SMARTS) is 1. The first-order chi connectivity index (χ1) is 18.6. The van der Waals surface area contributed by atoms with E-state index in [1.165, 1.54) is 4.68 Å². The van der Waals surface area contributed by atoms with E-state index in [-0.39, 0.29) is 65.9 Å². The standard InChI is InChI=1S/C23H22F3N7O5S.Na/c24-23(25,26)21(38)31-9-7-13-14(17(20(36)37)33-16(13)18(31)19(33)35)11-39-22-28-29-30-32(22)10-15(34)27-8-6-12-4-2-1-3-5-12;/h1-5,13,16,18H,6-11H2,(H,27,34)(H,36,37);/q;+1/p-1/t13?,16-,18+;/m1./s1. The molecule has 0 saturated carbocycles. The van der Waals surface area contributed by atoms with Crippen LogP contribution in [0.3, 0.4) is 0 Å². The summed E-state index contributed by atoms with van der Waals surface area (Å²) < 4.78 is 40.4.